The van der Waals surface area contributed by atoms with E-state index in [2.05, 4.69) is 46.4 Å². The maximum atomic E-state index is 13.0. The van der Waals surface area contributed by atoms with Gasteiger partial charge in [0.05, 0.1) is 13.4 Å². The van der Waals surface area contributed by atoms with Gasteiger partial charge in [0.25, 0.3) is 0 Å². The maximum Gasteiger partial charge on any atom is 0.440 e. The average Bonchev–Trinajstić information content (AvgIpc) is 3.36. The van der Waals surface area contributed by atoms with Crippen LogP contribution in [-0.2, 0) is 15.1 Å². The molecule has 0 aliphatic heterocycles. The number of rotatable bonds is 6. The molecule has 0 spiro atoms. The predicted octanol–water partition coefficient (Wildman–Crippen LogP) is 5.97. The fourth-order valence-electron chi connectivity index (χ4n) is 4.72. The monoisotopic (exact) mass is 507 g/mol. The Morgan fingerprint density at radius 3 is 1.71 bits per heavy atom. The van der Waals surface area contributed by atoms with Crippen LogP contribution in [0.4, 0.5) is 10.6 Å². The second-order valence-corrected chi connectivity index (χ2v) is 9.75. The maximum absolute atomic E-state index is 13.0. The lowest BCUT2D eigenvalue weighted by molar-refractivity contribution is 0.0325. The highest BCUT2D eigenvalue weighted by molar-refractivity contribution is 5.94. The Bertz CT molecular complexity index is 1430. The molecule has 0 radical (unpaired) electrons. The second kappa shape index (κ2) is 10.1. The number of ether oxygens (including phenoxy) is 1. The summed E-state index contributed by atoms with van der Waals surface area (Å²) in [6, 6.07) is 30.7. The van der Waals surface area contributed by atoms with Crippen LogP contribution >= 0.6 is 0 Å². The first-order valence-corrected chi connectivity index (χ1v) is 12.3. The number of hydroxylamine groups is 1. The first-order valence-electron chi connectivity index (χ1n) is 12.3. The molecule has 192 valence electrons. The molecule has 0 atom stereocenters. The minimum atomic E-state index is -0.825. The Balaban J connectivity index is 1.81. The minimum absolute atomic E-state index is 0.189. The van der Waals surface area contributed by atoms with Crippen LogP contribution in [0.3, 0.4) is 0 Å². The first kappa shape index (κ1) is 25.1. The van der Waals surface area contributed by atoms with E-state index < -0.39 is 17.2 Å². The molecule has 8 heteroatoms. The van der Waals surface area contributed by atoms with Gasteiger partial charge in [0, 0.05) is 0 Å². The van der Waals surface area contributed by atoms with Crippen molar-refractivity contribution in [3.05, 3.63) is 120 Å². The predicted molar refractivity (Wildman–Crippen MR) is 146 cm³/mol. The van der Waals surface area contributed by atoms with Crippen LogP contribution in [0.15, 0.2) is 104 Å². The highest BCUT2D eigenvalue weighted by Gasteiger charge is 2.40. The Kier molecular flexibility index (Phi) is 6.65. The topological polar surface area (TPSA) is 82.4 Å². The van der Waals surface area contributed by atoms with Gasteiger partial charge in [-0.3, -0.25) is 9.40 Å². The van der Waals surface area contributed by atoms with Crippen molar-refractivity contribution < 1.29 is 14.4 Å². The molecule has 0 fully saturated rings. The van der Waals surface area contributed by atoms with E-state index in [0.717, 1.165) is 21.8 Å². The third kappa shape index (κ3) is 4.39. The van der Waals surface area contributed by atoms with Crippen molar-refractivity contribution in [3.63, 3.8) is 0 Å². The number of anilines is 1. The largest absolute Gasteiger partial charge is 0.442 e. The van der Waals surface area contributed by atoms with Crippen molar-refractivity contribution in [1.82, 2.24) is 19.5 Å². The molecule has 2 aromatic heterocycles. The highest BCUT2D eigenvalue weighted by atomic mass is 16.7. The fourth-order valence-corrected chi connectivity index (χ4v) is 4.72. The van der Waals surface area contributed by atoms with Crippen molar-refractivity contribution in [2.24, 2.45) is 0 Å². The van der Waals surface area contributed by atoms with Gasteiger partial charge >= 0.3 is 6.09 Å². The van der Waals surface area contributed by atoms with Crippen LogP contribution in [0, 0.1) is 0 Å². The lowest BCUT2D eigenvalue weighted by atomic mass is 9.76. The van der Waals surface area contributed by atoms with Crippen LogP contribution in [-0.4, -0.2) is 38.3 Å². The van der Waals surface area contributed by atoms with Gasteiger partial charge in [-0.05, 0) is 37.5 Å². The minimum Gasteiger partial charge on any atom is -0.442 e. The number of fused-ring (bicyclic) bond motifs is 1. The number of amides is 1. The van der Waals surface area contributed by atoms with Gasteiger partial charge in [0.2, 0.25) is 0 Å². The summed E-state index contributed by atoms with van der Waals surface area (Å²) < 4.78 is 7.57. The number of nitrogens with zero attached hydrogens (tertiary/aromatic N) is 5. The van der Waals surface area contributed by atoms with E-state index in [1.165, 1.54) is 13.4 Å². The summed E-state index contributed by atoms with van der Waals surface area (Å²) in [4.78, 5) is 32.1. The van der Waals surface area contributed by atoms with E-state index in [9.17, 15) is 4.79 Å². The summed E-state index contributed by atoms with van der Waals surface area (Å²) in [5, 5.41) is 1.00. The molecule has 0 aliphatic carbocycles. The van der Waals surface area contributed by atoms with Gasteiger partial charge in [0.15, 0.2) is 17.0 Å². The number of carbonyl (C=O) groups excluding carboxylic acids is 1. The number of imidazole rings is 1. The summed E-state index contributed by atoms with van der Waals surface area (Å²) >= 11 is 0. The molecule has 0 saturated carbocycles. The standard InChI is InChI=1S/C30H29N5O3/c1-29(2,3)38-28(36)35(37-4)27-25-26(31-20-32-27)34(21-33-25)30(22-14-8-5-9-15-22,23-16-10-6-11-17-23)24-18-12-7-13-19-24/h5-21H,1-4H3. The second-order valence-electron chi connectivity index (χ2n) is 9.75. The third-order valence-corrected chi connectivity index (χ3v) is 6.18. The van der Waals surface area contributed by atoms with E-state index in [1.807, 2.05) is 59.2 Å². The summed E-state index contributed by atoms with van der Waals surface area (Å²) in [7, 11) is 1.39. The van der Waals surface area contributed by atoms with Crippen molar-refractivity contribution in [2.45, 2.75) is 31.9 Å². The van der Waals surface area contributed by atoms with Crippen molar-refractivity contribution in [1.29, 1.82) is 0 Å². The number of carbonyl (C=O) groups is 1. The number of aromatic nitrogens is 4. The lowest BCUT2D eigenvalue weighted by Gasteiger charge is -2.37. The lowest BCUT2D eigenvalue weighted by Crippen LogP contribution is -2.38. The van der Waals surface area contributed by atoms with Crippen molar-refractivity contribution in [2.75, 3.05) is 12.2 Å². The quantitative estimate of drug-likeness (QED) is 0.208. The van der Waals surface area contributed by atoms with E-state index in [0.29, 0.717) is 11.2 Å². The smallest absolute Gasteiger partial charge is 0.440 e. The Hall–Kier alpha value is -4.56. The van der Waals surface area contributed by atoms with E-state index in [4.69, 9.17) is 14.6 Å². The Labute approximate surface area is 221 Å². The van der Waals surface area contributed by atoms with Gasteiger partial charge in [-0.1, -0.05) is 91.0 Å². The molecule has 8 nitrogen and oxygen atoms in total. The normalized spacial score (nSPS) is 11.9. The van der Waals surface area contributed by atoms with E-state index in [-0.39, 0.29) is 5.82 Å². The Morgan fingerprint density at radius 2 is 1.26 bits per heavy atom. The van der Waals surface area contributed by atoms with Gasteiger partial charge in [-0.25, -0.2) is 19.7 Å². The van der Waals surface area contributed by atoms with E-state index in [1.54, 1.807) is 27.1 Å². The molecule has 3 aromatic carbocycles. The number of hydrogen-bond donors (Lipinski definition) is 0. The molecule has 5 rings (SSSR count). The van der Waals surface area contributed by atoms with Crippen molar-refractivity contribution in [3.8, 4) is 0 Å². The zero-order valence-corrected chi connectivity index (χ0v) is 21.8. The number of benzene rings is 3. The average molecular weight is 508 g/mol. The number of hydrogen-bond acceptors (Lipinski definition) is 6. The molecule has 0 saturated heterocycles. The molecule has 38 heavy (non-hydrogen) atoms. The summed E-state index contributed by atoms with van der Waals surface area (Å²) in [6.45, 7) is 5.37. The Morgan fingerprint density at radius 1 is 0.763 bits per heavy atom. The summed E-state index contributed by atoms with van der Waals surface area (Å²) in [5.74, 6) is 0.189. The molecule has 0 unspecified atom stereocenters. The van der Waals surface area contributed by atoms with Crippen LogP contribution in [0.2, 0.25) is 0 Å². The van der Waals surface area contributed by atoms with Crippen LogP contribution in [0.5, 0.6) is 0 Å². The first-order chi connectivity index (χ1) is 18.4. The molecule has 0 bridgehead atoms. The molecule has 0 aliphatic rings. The van der Waals surface area contributed by atoms with Gasteiger partial charge in [0.1, 0.15) is 17.5 Å². The zero-order valence-electron chi connectivity index (χ0n) is 21.8. The highest BCUT2D eigenvalue weighted by Crippen LogP contribution is 2.42. The molecule has 2 heterocycles. The molecule has 5 aromatic rings. The van der Waals surface area contributed by atoms with Gasteiger partial charge < -0.3 is 4.74 Å². The molecular formula is C30H29N5O3. The van der Waals surface area contributed by atoms with Gasteiger partial charge in [-0.15, -0.1) is 5.06 Å². The van der Waals surface area contributed by atoms with Crippen LogP contribution < -0.4 is 5.06 Å². The zero-order chi connectivity index (χ0) is 26.8. The van der Waals surface area contributed by atoms with E-state index >= 15 is 0 Å². The van der Waals surface area contributed by atoms with Crippen LogP contribution in [0.25, 0.3) is 11.2 Å². The molecule has 0 N–H and O–H groups in total. The van der Waals surface area contributed by atoms with Crippen molar-refractivity contribution >= 4 is 23.1 Å². The third-order valence-electron chi connectivity index (χ3n) is 6.18. The summed E-state index contributed by atoms with van der Waals surface area (Å²) in [6.07, 6.45) is 2.44. The molecule has 1 amide bonds. The fraction of sp³-hybridized carbons (Fsp3) is 0.200. The summed E-state index contributed by atoms with van der Waals surface area (Å²) in [5.41, 5.74) is 2.44. The van der Waals surface area contributed by atoms with Gasteiger partial charge in [-0.2, -0.15) is 0 Å². The molecular weight excluding hydrogens is 478 g/mol. The van der Waals surface area contributed by atoms with Crippen LogP contribution in [0.1, 0.15) is 37.5 Å². The SMILES string of the molecule is CON(C(=O)OC(C)(C)C)c1ncnc2c1ncn2C(c1ccccc1)(c1ccccc1)c1ccccc1.